The normalized spacial score (nSPS) is 10.1. The molecule has 70 valence electrons. The van der Waals surface area contributed by atoms with E-state index in [1.807, 2.05) is 30.3 Å². The smallest absolute Gasteiger partial charge is 0.185 e. The van der Waals surface area contributed by atoms with E-state index >= 15 is 0 Å². The maximum atomic E-state index is 11.2. The molecule has 0 saturated carbocycles. The molecule has 0 radical (unpaired) electrons. The third-order valence-electron chi connectivity index (χ3n) is 1.95. The second-order valence-corrected chi connectivity index (χ2v) is 3.13. The molecule has 0 fully saturated rings. The van der Waals surface area contributed by atoms with E-state index in [2.05, 4.69) is 0 Å². The van der Waals surface area contributed by atoms with Crippen molar-refractivity contribution in [2.24, 2.45) is 0 Å². The maximum Gasteiger partial charge on any atom is 0.185 e. The Morgan fingerprint density at radius 1 is 1.07 bits per heavy atom. The molecule has 0 N–H and O–H groups in total. The largest absolute Gasteiger partial charge is 0.461 e. The highest BCUT2D eigenvalue weighted by molar-refractivity contribution is 5.56. The summed E-state index contributed by atoms with van der Waals surface area (Å²) < 4.78 is 5.44. The van der Waals surface area contributed by atoms with Crippen LogP contribution < -0.4 is 5.43 Å². The van der Waals surface area contributed by atoms with Crippen LogP contribution in [0.15, 0.2) is 51.7 Å². The Bertz CT molecular complexity index is 483. The minimum absolute atomic E-state index is 0.0207. The van der Waals surface area contributed by atoms with E-state index in [4.69, 9.17) is 4.42 Å². The lowest BCUT2D eigenvalue weighted by Gasteiger charge is -2.00. The van der Waals surface area contributed by atoms with Crippen molar-refractivity contribution in [3.05, 3.63) is 58.4 Å². The number of hydrogen-bond donors (Lipinski definition) is 0. The Morgan fingerprint density at radius 2 is 1.79 bits per heavy atom. The van der Waals surface area contributed by atoms with Gasteiger partial charge in [0, 0.05) is 17.7 Å². The fourth-order valence-electron chi connectivity index (χ4n) is 1.35. The molecule has 0 aliphatic heterocycles. The van der Waals surface area contributed by atoms with Gasteiger partial charge in [-0.1, -0.05) is 30.3 Å². The predicted octanol–water partition coefficient (Wildman–Crippen LogP) is 2.62. The fourth-order valence-corrected chi connectivity index (χ4v) is 1.35. The molecule has 2 aromatic rings. The number of benzene rings is 1. The molecule has 14 heavy (non-hydrogen) atoms. The minimum Gasteiger partial charge on any atom is -0.461 e. The summed E-state index contributed by atoms with van der Waals surface area (Å²) in [6.45, 7) is 1.77. The second-order valence-electron chi connectivity index (χ2n) is 3.13. The lowest BCUT2D eigenvalue weighted by atomic mass is 10.1. The van der Waals surface area contributed by atoms with Crippen molar-refractivity contribution >= 4 is 0 Å². The van der Waals surface area contributed by atoms with Crippen LogP contribution in [0, 0.1) is 6.92 Å². The molecule has 0 saturated heterocycles. The summed E-state index contributed by atoms with van der Waals surface area (Å²) in [7, 11) is 0. The van der Waals surface area contributed by atoms with Crippen LogP contribution >= 0.6 is 0 Å². The van der Waals surface area contributed by atoms with Crippen molar-refractivity contribution in [3.63, 3.8) is 0 Å². The zero-order valence-corrected chi connectivity index (χ0v) is 7.86. The third kappa shape index (κ3) is 1.74. The predicted molar refractivity (Wildman–Crippen MR) is 55.2 cm³/mol. The van der Waals surface area contributed by atoms with Gasteiger partial charge < -0.3 is 4.42 Å². The highest BCUT2D eigenvalue weighted by atomic mass is 16.3. The summed E-state index contributed by atoms with van der Waals surface area (Å²) in [6.07, 6.45) is 0. The average Bonchev–Trinajstić information content (AvgIpc) is 2.18. The van der Waals surface area contributed by atoms with Gasteiger partial charge in [0.05, 0.1) is 0 Å². The van der Waals surface area contributed by atoms with Gasteiger partial charge in [-0.2, -0.15) is 0 Å². The molecule has 0 aliphatic carbocycles. The highest BCUT2D eigenvalue weighted by Gasteiger charge is 2.00. The van der Waals surface area contributed by atoms with Gasteiger partial charge in [0.15, 0.2) is 5.43 Å². The first-order chi connectivity index (χ1) is 6.75. The summed E-state index contributed by atoms with van der Waals surface area (Å²) >= 11 is 0. The zero-order chi connectivity index (χ0) is 9.97. The lowest BCUT2D eigenvalue weighted by molar-refractivity contribution is 0.530. The summed E-state index contributed by atoms with van der Waals surface area (Å²) in [5, 5.41) is 0. The van der Waals surface area contributed by atoms with Crippen molar-refractivity contribution in [1.82, 2.24) is 0 Å². The van der Waals surface area contributed by atoms with Gasteiger partial charge in [-0.3, -0.25) is 4.79 Å². The van der Waals surface area contributed by atoms with Crippen LogP contribution in [0.1, 0.15) is 5.76 Å². The molecule has 0 amide bonds. The van der Waals surface area contributed by atoms with Crippen LogP contribution in [-0.2, 0) is 0 Å². The highest BCUT2D eigenvalue weighted by Crippen LogP contribution is 2.17. The fraction of sp³-hybridized carbons (Fsp3) is 0.0833. The van der Waals surface area contributed by atoms with E-state index in [-0.39, 0.29) is 5.43 Å². The molecular formula is C12H10O2. The third-order valence-corrected chi connectivity index (χ3v) is 1.95. The second kappa shape index (κ2) is 3.50. The molecular weight excluding hydrogens is 176 g/mol. The first-order valence-electron chi connectivity index (χ1n) is 4.43. The van der Waals surface area contributed by atoms with E-state index in [9.17, 15) is 4.79 Å². The molecule has 0 spiro atoms. The average molecular weight is 186 g/mol. The lowest BCUT2D eigenvalue weighted by Crippen LogP contribution is -1.97. The van der Waals surface area contributed by atoms with Gasteiger partial charge >= 0.3 is 0 Å². The van der Waals surface area contributed by atoms with E-state index in [1.165, 1.54) is 12.1 Å². The van der Waals surface area contributed by atoms with Gasteiger partial charge in [0.2, 0.25) is 0 Å². The zero-order valence-electron chi connectivity index (χ0n) is 7.86. The van der Waals surface area contributed by atoms with Crippen molar-refractivity contribution in [2.45, 2.75) is 6.92 Å². The van der Waals surface area contributed by atoms with Gasteiger partial charge in [-0.25, -0.2) is 0 Å². The molecule has 0 aliphatic rings. The molecule has 2 heteroatoms. The molecule has 2 rings (SSSR count). The Kier molecular flexibility index (Phi) is 2.19. The van der Waals surface area contributed by atoms with Crippen molar-refractivity contribution < 1.29 is 4.42 Å². The van der Waals surface area contributed by atoms with Crippen molar-refractivity contribution in [2.75, 3.05) is 0 Å². The molecule has 0 unspecified atom stereocenters. The Hall–Kier alpha value is -1.83. The van der Waals surface area contributed by atoms with Gasteiger partial charge in [0.25, 0.3) is 0 Å². The SMILES string of the molecule is Cc1cc(=O)cc(-c2ccccc2)o1. The summed E-state index contributed by atoms with van der Waals surface area (Å²) in [6, 6.07) is 12.6. The van der Waals surface area contributed by atoms with E-state index in [1.54, 1.807) is 6.92 Å². The van der Waals surface area contributed by atoms with E-state index in [0.29, 0.717) is 11.5 Å². The standard InChI is InChI=1S/C12H10O2/c1-9-7-11(13)8-12(14-9)10-5-3-2-4-6-10/h2-8H,1H3. The van der Waals surface area contributed by atoms with Crippen molar-refractivity contribution in [3.8, 4) is 11.3 Å². The van der Waals surface area contributed by atoms with Crippen LogP contribution in [0.2, 0.25) is 0 Å². The first-order valence-corrected chi connectivity index (χ1v) is 4.43. The van der Waals surface area contributed by atoms with Crippen molar-refractivity contribution in [1.29, 1.82) is 0 Å². The molecule has 1 aromatic heterocycles. The number of rotatable bonds is 1. The molecule has 2 nitrogen and oxygen atoms in total. The molecule has 0 bridgehead atoms. The van der Waals surface area contributed by atoms with E-state index in [0.717, 1.165) is 5.56 Å². The van der Waals surface area contributed by atoms with Crippen LogP contribution in [0.4, 0.5) is 0 Å². The monoisotopic (exact) mass is 186 g/mol. The van der Waals surface area contributed by atoms with Gasteiger partial charge in [-0.05, 0) is 6.92 Å². The van der Waals surface area contributed by atoms with Crippen LogP contribution in [0.25, 0.3) is 11.3 Å². The van der Waals surface area contributed by atoms with Crippen LogP contribution in [-0.4, -0.2) is 0 Å². The Balaban J connectivity index is 2.58. The van der Waals surface area contributed by atoms with E-state index < -0.39 is 0 Å². The minimum atomic E-state index is -0.0207. The van der Waals surface area contributed by atoms with Crippen LogP contribution in [0.5, 0.6) is 0 Å². The van der Waals surface area contributed by atoms with Crippen LogP contribution in [0.3, 0.4) is 0 Å². The number of aryl methyl sites for hydroxylation is 1. The topological polar surface area (TPSA) is 30.2 Å². The first kappa shape index (κ1) is 8.75. The molecule has 1 aromatic carbocycles. The summed E-state index contributed by atoms with van der Waals surface area (Å²) in [4.78, 5) is 11.2. The summed E-state index contributed by atoms with van der Waals surface area (Å²) in [5.74, 6) is 1.26. The molecule has 0 atom stereocenters. The molecule has 1 heterocycles. The van der Waals surface area contributed by atoms with Gasteiger partial charge in [0.1, 0.15) is 11.5 Å². The van der Waals surface area contributed by atoms with Gasteiger partial charge in [-0.15, -0.1) is 0 Å². The maximum absolute atomic E-state index is 11.2. The summed E-state index contributed by atoms with van der Waals surface area (Å²) in [5.41, 5.74) is 0.904. The number of hydrogen-bond acceptors (Lipinski definition) is 2. The Labute approximate surface area is 81.8 Å². The Morgan fingerprint density at radius 3 is 2.43 bits per heavy atom. The quantitative estimate of drug-likeness (QED) is 0.685.